The zero-order chi connectivity index (χ0) is 15.5. The highest BCUT2D eigenvalue weighted by Crippen LogP contribution is 2.27. The summed E-state index contributed by atoms with van der Waals surface area (Å²) in [6.07, 6.45) is 9.45. The topological polar surface area (TPSA) is 9.23 Å². The van der Waals surface area contributed by atoms with Gasteiger partial charge in [0.25, 0.3) is 0 Å². The Morgan fingerprint density at radius 3 is 2.19 bits per heavy atom. The van der Waals surface area contributed by atoms with Gasteiger partial charge < -0.3 is 4.74 Å². The van der Waals surface area contributed by atoms with Gasteiger partial charge in [0.2, 0.25) is 0 Å². The summed E-state index contributed by atoms with van der Waals surface area (Å²) in [5.41, 5.74) is 0. The second kappa shape index (κ2) is 10.7. The Kier molecular flexibility index (Phi) is 9.21. The lowest BCUT2D eigenvalue weighted by atomic mass is 9.85. The first-order valence-electron chi connectivity index (χ1n) is 8.90. The third-order valence-corrected chi connectivity index (χ3v) is 4.60. The molecule has 1 rings (SSSR count). The molecular weight excluding hydrogens is 256 g/mol. The van der Waals surface area contributed by atoms with E-state index in [-0.39, 0.29) is 0 Å². The lowest BCUT2D eigenvalue weighted by molar-refractivity contribution is 0.0977. The third kappa shape index (κ3) is 7.02. The van der Waals surface area contributed by atoms with Crippen molar-refractivity contribution in [3.63, 3.8) is 0 Å². The van der Waals surface area contributed by atoms with Gasteiger partial charge in [-0.1, -0.05) is 84.4 Å². The number of unbranched alkanes of at least 4 members (excludes halogenated alkanes) is 3. The van der Waals surface area contributed by atoms with E-state index < -0.39 is 0 Å². The maximum Gasteiger partial charge on any atom is 0.119 e. The molecule has 0 aliphatic rings. The lowest BCUT2D eigenvalue weighted by Gasteiger charge is -2.29. The van der Waals surface area contributed by atoms with Crippen LogP contribution in [0.1, 0.15) is 72.6 Å². The number of ether oxygens (including phenoxy) is 1. The van der Waals surface area contributed by atoms with E-state index in [2.05, 4.69) is 52.0 Å². The highest BCUT2D eigenvalue weighted by atomic mass is 16.5. The molecule has 1 heteroatoms. The van der Waals surface area contributed by atoms with Crippen molar-refractivity contribution in [2.24, 2.45) is 11.8 Å². The summed E-state index contributed by atoms with van der Waals surface area (Å²) in [4.78, 5) is 0. The van der Waals surface area contributed by atoms with Crippen LogP contribution < -0.4 is 4.74 Å². The van der Waals surface area contributed by atoms with E-state index in [4.69, 9.17) is 4.74 Å². The zero-order valence-electron chi connectivity index (χ0n) is 14.5. The molecule has 0 radical (unpaired) electrons. The lowest BCUT2D eigenvalue weighted by Crippen LogP contribution is -2.29. The van der Waals surface area contributed by atoms with Crippen LogP contribution >= 0.6 is 0 Å². The molecule has 1 aromatic rings. The summed E-state index contributed by atoms with van der Waals surface area (Å²) < 4.78 is 6.27. The first kappa shape index (κ1) is 18.1. The molecule has 0 spiro atoms. The van der Waals surface area contributed by atoms with E-state index in [1.54, 1.807) is 0 Å². The molecule has 21 heavy (non-hydrogen) atoms. The van der Waals surface area contributed by atoms with Crippen LogP contribution in [0.2, 0.25) is 0 Å². The van der Waals surface area contributed by atoms with Crippen molar-refractivity contribution >= 4 is 0 Å². The summed E-state index contributed by atoms with van der Waals surface area (Å²) in [5, 5.41) is 0. The van der Waals surface area contributed by atoms with Crippen molar-refractivity contribution in [2.45, 2.75) is 78.7 Å². The predicted octanol–water partition coefficient (Wildman–Crippen LogP) is 6.48. The molecule has 0 saturated heterocycles. The highest BCUT2D eigenvalue weighted by Gasteiger charge is 2.23. The molecule has 0 aromatic heterocycles. The van der Waals surface area contributed by atoms with Gasteiger partial charge in [-0.05, 0) is 30.4 Å². The zero-order valence-corrected chi connectivity index (χ0v) is 14.5. The fraction of sp³-hybridized carbons (Fsp3) is 0.700. The van der Waals surface area contributed by atoms with Gasteiger partial charge >= 0.3 is 0 Å². The van der Waals surface area contributed by atoms with Crippen molar-refractivity contribution in [3.05, 3.63) is 30.3 Å². The standard InChI is InChI=1S/C20H34O/c1-5-7-8-10-14-17(3)18(4)20(13-6-2)21-19-15-11-9-12-16-19/h9,11-12,15-18,20H,5-8,10,13-14H2,1-4H3. The fourth-order valence-corrected chi connectivity index (χ4v) is 2.91. The third-order valence-electron chi connectivity index (χ3n) is 4.60. The number of hydrogen-bond acceptors (Lipinski definition) is 1. The van der Waals surface area contributed by atoms with Crippen LogP contribution in [-0.2, 0) is 0 Å². The van der Waals surface area contributed by atoms with Crippen LogP contribution in [0.15, 0.2) is 30.3 Å². The van der Waals surface area contributed by atoms with E-state index in [9.17, 15) is 0 Å². The molecule has 0 aliphatic heterocycles. The minimum absolute atomic E-state index is 0.346. The van der Waals surface area contributed by atoms with E-state index in [1.807, 2.05) is 6.07 Å². The highest BCUT2D eigenvalue weighted by molar-refractivity contribution is 5.21. The van der Waals surface area contributed by atoms with Crippen molar-refractivity contribution < 1.29 is 4.74 Å². The van der Waals surface area contributed by atoms with Gasteiger partial charge in [0.1, 0.15) is 11.9 Å². The maximum absolute atomic E-state index is 6.27. The van der Waals surface area contributed by atoms with Gasteiger partial charge in [-0.25, -0.2) is 0 Å². The SMILES string of the molecule is CCCCCCC(C)C(C)C(CCC)Oc1ccccc1. The Hall–Kier alpha value is -0.980. The van der Waals surface area contributed by atoms with Gasteiger partial charge in [0.15, 0.2) is 0 Å². The largest absolute Gasteiger partial charge is 0.490 e. The average Bonchev–Trinajstić information content (AvgIpc) is 2.51. The summed E-state index contributed by atoms with van der Waals surface area (Å²) in [6.45, 7) is 9.29. The summed E-state index contributed by atoms with van der Waals surface area (Å²) in [5.74, 6) is 2.37. The van der Waals surface area contributed by atoms with Crippen molar-refractivity contribution in [1.29, 1.82) is 0 Å². The molecule has 1 nitrogen and oxygen atoms in total. The fourth-order valence-electron chi connectivity index (χ4n) is 2.91. The summed E-state index contributed by atoms with van der Waals surface area (Å²) >= 11 is 0. The van der Waals surface area contributed by atoms with Crippen molar-refractivity contribution in [1.82, 2.24) is 0 Å². The Bertz CT molecular complexity index is 346. The van der Waals surface area contributed by atoms with Crippen LogP contribution in [0.3, 0.4) is 0 Å². The van der Waals surface area contributed by atoms with Crippen LogP contribution in [-0.4, -0.2) is 6.10 Å². The smallest absolute Gasteiger partial charge is 0.119 e. The Balaban J connectivity index is 2.49. The molecule has 0 heterocycles. The summed E-state index contributed by atoms with van der Waals surface area (Å²) in [6, 6.07) is 10.3. The minimum atomic E-state index is 0.346. The van der Waals surface area contributed by atoms with E-state index in [0.29, 0.717) is 12.0 Å². The quantitative estimate of drug-likeness (QED) is 0.424. The van der Waals surface area contributed by atoms with Gasteiger partial charge in [-0.2, -0.15) is 0 Å². The predicted molar refractivity (Wildman–Crippen MR) is 92.9 cm³/mol. The molecule has 0 aliphatic carbocycles. The molecule has 0 amide bonds. The molecule has 0 fully saturated rings. The van der Waals surface area contributed by atoms with Crippen LogP contribution in [0.4, 0.5) is 0 Å². The van der Waals surface area contributed by atoms with Crippen molar-refractivity contribution in [2.75, 3.05) is 0 Å². The van der Waals surface area contributed by atoms with E-state index in [1.165, 1.54) is 38.5 Å². The minimum Gasteiger partial charge on any atom is -0.490 e. The molecular formula is C20H34O. The van der Waals surface area contributed by atoms with E-state index in [0.717, 1.165) is 18.1 Å². The molecule has 1 aromatic carbocycles. The Labute approximate surface area is 132 Å². The Morgan fingerprint density at radius 2 is 1.57 bits per heavy atom. The molecule has 0 N–H and O–H groups in total. The van der Waals surface area contributed by atoms with Crippen molar-refractivity contribution in [3.8, 4) is 5.75 Å². The second-order valence-corrected chi connectivity index (χ2v) is 6.44. The number of rotatable bonds is 11. The maximum atomic E-state index is 6.27. The molecule has 0 bridgehead atoms. The van der Waals surface area contributed by atoms with Crippen LogP contribution in [0, 0.1) is 11.8 Å². The molecule has 0 saturated carbocycles. The molecule has 3 atom stereocenters. The first-order chi connectivity index (χ1) is 10.2. The monoisotopic (exact) mass is 290 g/mol. The number of para-hydroxylation sites is 1. The number of hydrogen-bond donors (Lipinski definition) is 0. The second-order valence-electron chi connectivity index (χ2n) is 6.44. The van der Waals surface area contributed by atoms with E-state index >= 15 is 0 Å². The van der Waals surface area contributed by atoms with Gasteiger partial charge in [-0.15, -0.1) is 0 Å². The van der Waals surface area contributed by atoms with Crippen LogP contribution in [0.5, 0.6) is 5.75 Å². The van der Waals surface area contributed by atoms with Gasteiger partial charge in [0, 0.05) is 0 Å². The normalized spacial score (nSPS) is 15.4. The number of benzene rings is 1. The average molecular weight is 290 g/mol. The van der Waals surface area contributed by atoms with Gasteiger partial charge in [0.05, 0.1) is 0 Å². The van der Waals surface area contributed by atoms with Crippen LogP contribution in [0.25, 0.3) is 0 Å². The van der Waals surface area contributed by atoms with Gasteiger partial charge in [-0.3, -0.25) is 0 Å². The molecule has 3 unspecified atom stereocenters. The summed E-state index contributed by atoms with van der Waals surface area (Å²) in [7, 11) is 0. The Morgan fingerprint density at radius 1 is 0.857 bits per heavy atom. The first-order valence-corrected chi connectivity index (χ1v) is 8.90. The molecule has 120 valence electrons.